The van der Waals surface area contributed by atoms with Crippen molar-refractivity contribution in [2.75, 3.05) is 18.4 Å². The van der Waals surface area contributed by atoms with Crippen molar-refractivity contribution in [2.24, 2.45) is 0 Å². The van der Waals surface area contributed by atoms with E-state index in [1.54, 1.807) is 0 Å². The fourth-order valence-electron chi connectivity index (χ4n) is 4.67. The Bertz CT molecular complexity index is 1120. The van der Waals surface area contributed by atoms with Crippen molar-refractivity contribution in [3.63, 3.8) is 0 Å². The number of benzene rings is 2. The molecule has 2 aromatic carbocycles. The van der Waals surface area contributed by atoms with Gasteiger partial charge in [0, 0.05) is 30.5 Å². The zero-order chi connectivity index (χ0) is 20.6. The molecular formula is C24H23N5O. The number of likely N-dealkylation sites (tertiary alicyclic amines) is 1. The quantitative estimate of drug-likeness (QED) is 0.707. The van der Waals surface area contributed by atoms with Crippen LogP contribution in [-0.2, 0) is 23.2 Å². The zero-order valence-corrected chi connectivity index (χ0v) is 16.7. The van der Waals surface area contributed by atoms with Crippen LogP contribution in [0.15, 0.2) is 54.7 Å². The molecule has 30 heavy (non-hydrogen) atoms. The Balaban J connectivity index is 1.21. The van der Waals surface area contributed by atoms with Gasteiger partial charge in [0.05, 0.1) is 17.0 Å². The zero-order valence-electron chi connectivity index (χ0n) is 16.7. The summed E-state index contributed by atoms with van der Waals surface area (Å²) in [5, 5.41) is 12.0. The molecule has 6 heteroatoms. The first-order chi connectivity index (χ1) is 14.7. The molecule has 6 nitrogen and oxygen atoms in total. The maximum Gasteiger partial charge on any atom is 0.235 e. The number of piperidine rings is 1. The maximum atomic E-state index is 12.7. The van der Waals surface area contributed by atoms with Crippen LogP contribution in [0.2, 0.25) is 0 Å². The van der Waals surface area contributed by atoms with E-state index in [-0.39, 0.29) is 11.3 Å². The largest absolute Gasteiger partial charge is 0.345 e. The average Bonchev–Trinajstić information content (AvgIpc) is 3.32. The number of anilines is 1. The lowest BCUT2D eigenvalue weighted by Crippen LogP contribution is -2.46. The van der Waals surface area contributed by atoms with Gasteiger partial charge in [0.15, 0.2) is 0 Å². The molecule has 3 aromatic rings. The molecule has 0 radical (unpaired) electrons. The van der Waals surface area contributed by atoms with Crippen molar-refractivity contribution in [3.05, 3.63) is 82.9 Å². The number of nitriles is 1. The number of H-pyrrole nitrogens is 1. The van der Waals surface area contributed by atoms with Crippen LogP contribution in [-0.4, -0.2) is 33.9 Å². The first-order valence-electron chi connectivity index (χ1n) is 10.3. The second-order valence-electron chi connectivity index (χ2n) is 8.20. The summed E-state index contributed by atoms with van der Waals surface area (Å²) >= 11 is 0. The number of hydrogen-bond acceptors (Lipinski definition) is 4. The van der Waals surface area contributed by atoms with Gasteiger partial charge < -0.3 is 10.3 Å². The third-order valence-electron chi connectivity index (χ3n) is 6.36. The van der Waals surface area contributed by atoms with E-state index >= 15 is 0 Å². The van der Waals surface area contributed by atoms with E-state index in [0.29, 0.717) is 12.0 Å². The van der Waals surface area contributed by atoms with Gasteiger partial charge in [0.25, 0.3) is 0 Å². The molecule has 0 unspecified atom stereocenters. The number of nitrogens with one attached hydrogen (secondary N) is 2. The van der Waals surface area contributed by atoms with Crippen molar-refractivity contribution >= 4 is 11.6 Å². The predicted molar refractivity (Wildman–Crippen MR) is 114 cm³/mol. The Hall–Kier alpha value is -3.43. The number of carbonyl (C=O) groups is 1. The highest BCUT2D eigenvalue weighted by Gasteiger charge is 2.48. The summed E-state index contributed by atoms with van der Waals surface area (Å²) in [6.07, 6.45) is 4.29. The number of rotatable bonds is 4. The van der Waals surface area contributed by atoms with Crippen molar-refractivity contribution in [1.29, 1.82) is 5.26 Å². The van der Waals surface area contributed by atoms with E-state index in [2.05, 4.69) is 32.3 Å². The molecule has 0 saturated carbocycles. The molecule has 5 rings (SSSR count). The smallest absolute Gasteiger partial charge is 0.235 e. The normalized spacial score (nSPS) is 17.5. The fraction of sp³-hybridized carbons (Fsp3) is 0.292. The molecular weight excluding hydrogens is 374 g/mol. The lowest BCUT2D eigenvalue weighted by Gasteiger charge is -2.37. The number of fused-ring (bicyclic) bond motifs is 2. The highest BCUT2D eigenvalue weighted by molar-refractivity contribution is 6.06. The summed E-state index contributed by atoms with van der Waals surface area (Å²) < 4.78 is 0. The Morgan fingerprint density at radius 1 is 1.10 bits per heavy atom. The van der Waals surface area contributed by atoms with E-state index < -0.39 is 0 Å². The van der Waals surface area contributed by atoms with Crippen LogP contribution in [0.4, 0.5) is 5.69 Å². The molecule has 2 N–H and O–H groups in total. The molecule has 0 aliphatic carbocycles. The summed E-state index contributed by atoms with van der Waals surface area (Å²) in [5.41, 5.74) is 4.63. The van der Waals surface area contributed by atoms with Crippen molar-refractivity contribution in [3.8, 4) is 6.07 Å². The van der Waals surface area contributed by atoms with Crippen molar-refractivity contribution in [2.45, 2.75) is 31.2 Å². The van der Waals surface area contributed by atoms with Crippen LogP contribution in [0.5, 0.6) is 0 Å². The standard InChI is InChI=1S/C24H23N5O/c25-14-18-7-5-17(6-8-18)13-22-26-15-19(27-22)16-29-11-9-24(10-12-29)20-3-1-2-4-21(20)28-23(24)30/h1-8,15H,9-13,16H2,(H,26,27)(H,28,30). The Labute approximate surface area is 175 Å². The van der Waals surface area contributed by atoms with Crippen LogP contribution < -0.4 is 5.32 Å². The second kappa shape index (κ2) is 7.43. The number of aromatic amines is 1. The summed E-state index contributed by atoms with van der Waals surface area (Å²) in [6.45, 7) is 2.57. The van der Waals surface area contributed by atoms with Gasteiger partial charge in [-0.2, -0.15) is 5.26 Å². The first kappa shape index (κ1) is 18.6. The third kappa shape index (κ3) is 3.27. The van der Waals surface area contributed by atoms with Gasteiger partial charge in [0.1, 0.15) is 5.82 Å². The minimum atomic E-state index is -0.373. The number of carbonyl (C=O) groups excluding carboxylic acids is 1. The summed E-state index contributed by atoms with van der Waals surface area (Å²) in [5.74, 6) is 1.07. The van der Waals surface area contributed by atoms with Gasteiger partial charge >= 0.3 is 0 Å². The van der Waals surface area contributed by atoms with Crippen LogP contribution in [0.25, 0.3) is 0 Å². The molecule has 2 aliphatic heterocycles. The highest BCUT2D eigenvalue weighted by Crippen LogP contribution is 2.44. The van der Waals surface area contributed by atoms with E-state index in [1.807, 2.05) is 48.7 Å². The number of para-hydroxylation sites is 1. The molecule has 1 aromatic heterocycles. The van der Waals surface area contributed by atoms with Crippen LogP contribution in [0, 0.1) is 11.3 Å². The molecule has 150 valence electrons. The van der Waals surface area contributed by atoms with E-state index in [9.17, 15) is 4.79 Å². The number of aromatic nitrogens is 2. The molecule has 0 atom stereocenters. The number of amides is 1. The lowest BCUT2D eigenvalue weighted by molar-refractivity contribution is -0.122. The van der Waals surface area contributed by atoms with E-state index in [4.69, 9.17) is 5.26 Å². The highest BCUT2D eigenvalue weighted by atomic mass is 16.2. The fourth-order valence-corrected chi connectivity index (χ4v) is 4.67. The third-order valence-corrected chi connectivity index (χ3v) is 6.36. The molecule has 2 aliphatic rings. The summed E-state index contributed by atoms with van der Waals surface area (Å²) in [6, 6.07) is 17.8. The first-order valence-corrected chi connectivity index (χ1v) is 10.3. The van der Waals surface area contributed by atoms with Gasteiger partial charge in [-0.1, -0.05) is 30.3 Å². The summed E-state index contributed by atoms with van der Waals surface area (Å²) in [4.78, 5) is 23.1. The van der Waals surface area contributed by atoms with Crippen LogP contribution >= 0.6 is 0 Å². The minimum Gasteiger partial charge on any atom is -0.345 e. The monoisotopic (exact) mass is 397 g/mol. The van der Waals surface area contributed by atoms with Gasteiger partial charge in [-0.15, -0.1) is 0 Å². The van der Waals surface area contributed by atoms with Crippen LogP contribution in [0.3, 0.4) is 0 Å². The molecule has 1 fully saturated rings. The van der Waals surface area contributed by atoms with Gasteiger partial charge in [-0.3, -0.25) is 9.69 Å². The minimum absolute atomic E-state index is 0.148. The van der Waals surface area contributed by atoms with Crippen molar-refractivity contribution in [1.82, 2.24) is 14.9 Å². The van der Waals surface area contributed by atoms with Gasteiger partial charge in [-0.25, -0.2) is 4.98 Å². The number of imidazole rings is 1. The molecule has 1 spiro atoms. The number of hydrogen-bond donors (Lipinski definition) is 2. The average molecular weight is 397 g/mol. The predicted octanol–water partition coefficient (Wildman–Crippen LogP) is 3.36. The maximum absolute atomic E-state index is 12.7. The van der Waals surface area contributed by atoms with E-state index in [1.165, 1.54) is 0 Å². The summed E-state index contributed by atoms with van der Waals surface area (Å²) in [7, 11) is 0. The van der Waals surface area contributed by atoms with E-state index in [0.717, 1.165) is 60.8 Å². The molecule has 1 amide bonds. The molecule has 1 saturated heterocycles. The van der Waals surface area contributed by atoms with Crippen LogP contribution in [0.1, 0.15) is 41.1 Å². The Morgan fingerprint density at radius 3 is 2.63 bits per heavy atom. The molecule has 0 bridgehead atoms. The van der Waals surface area contributed by atoms with Gasteiger partial charge in [0.2, 0.25) is 5.91 Å². The molecule has 3 heterocycles. The van der Waals surface area contributed by atoms with Gasteiger partial charge in [-0.05, 0) is 55.3 Å². The topological polar surface area (TPSA) is 84.8 Å². The second-order valence-corrected chi connectivity index (χ2v) is 8.20. The SMILES string of the molecule is N#Cc1ccc(Cc2ncc(CN3CCC4(CC3)C(=O)Nc3ccccc34)[nH]2)cc1. The Kier molecular flexibility index (Phi) is 4.61. The Morgan fingerprint density at radius 2 is 1.87 bits per heavy atom. The van der Waals surface area contributed by atoms with Crippen molar-refractivity contribution < 1.29 is 4.79 Å². The lowest BCUT2D eigenvalue weighted by atomic mass is 9.73. The number of nitrogens with zero attached hydrogens (tertiary/aromatic N) is 3.